The summed E-state index contributed by atoms with van der Waals surface area (Å²) in [6.45, 7) is 0.277. The van der Waals surface area contributed by atoms with Crippen molar-refractivity contribution in [2.75, 3.05) is 6.61 Å². The van der Waals surface area contributed by atoms with Gasteiger partial charge in [-0.05, 0) is 36.7 Å². The van der Waals surface area contributed by atoms with Gasteiger partial charge in [0, 0.05) is 12.2 Å². The summed E-state index contributed by atoms with van der Waals surface area (Å²) < 4.78 is 0. The van der Waals surface area contributed by atoms with E-state index in [0.717, 1.165) is 17.9 Å². The lowest BCUT2D eigenvalue weighted by atomic mass is 9.95. The minimum atomic E-state index is 0.104. The van der Waals surface area contributed by atoms with Gasteiger partial charge in [0.05, 0.1) is 0 Å². The van der Waals surface area contributed by atoms with Crippen LogP contribution in [0.4, 0.5) is 0 Å². The Bertz CT molecular complexity index is 368. The Kier molecular flexibility index (Phi) is 3.25. The maximum Gasteiger partial charge on any atom is 0.122 e. The van der Waals surface area contributed by atoms with Crippen molar-refractivity contribution in [2.24, 2.45) is 17.6 Å². The van der Waals surface area contributed by atoms with E-state index in [1.807, 2.05) is 24.3 Å². The van der Waals surface area contributed by atoms with E-state index in [0.29, 0.717) is 5.92 Å². The molecule has 1 saturated carbocycles. The molecule has 0 spiro atoms. The van der Waals surface area contributed by atoms with E-state index >= 15 is 0 Å². The van der Waals surface area contributed by atoms with Gasteiger partial charge in [-0.3, -0.25) is 5.41 Å². The van der Waals surface area contributed by atoms with Gasteiger partial charge in [-0.1, -0.05) is 24.3 Å². The molecule has 1 unspecified atom stereocenters. The summed E-state index contributed by atoms with van der Waals surface area (Å²) in [5, 5.41) is 16.6. The van der Waals surface area contributed by atoms with Gasteiger partial charge in [0.15, 0.2) is 0 Å². The Labute approximate surface area is 95.8 Å². The largest absolute Gasteiger partial charge is 0.396 e. The number of hydrogen-bond acceptors (Lipinski definition) is 2. The number of aliphatic hydroxyl groups is 1. The van der Waals surface area contributed by atoms with Crippen LogP contribution in [0.15, 0.2) is 24.3 Å². The van der Waals surface area contributed by atoms with Gasteiger partial charge in [0.1, 0.15) is 5.84 Å². The summed E-state index contributed by atoms with van der Waals surface area (Å²) in [5.41, 5.74) is 7.37. The Morgan fingerprint density at radius 1 is 1.38 bits per heavy atom. The van der Waals surface area contributed by atoms with E-state index in [1.165, 1.54) is 18.4 Å². The van der Waals surface area contributed by atoms with Crippen molar-refractivity contribution in [1.29, 1.82) is 5.41 Å². The topological polar surface area (TPSA) is 70.1 Å². The van der Waals surface area contributed by atoms with Crippen molar-refractivity contribution in [3.05, 3.63) is 35.4 Å². The first-order valence-corrected chi connectivity index (χ1v) is 5.75. The third-order valence-electron chi connectivity index (χ3n) is 3.29. The van der Waals surface area contributed by atoms with Gasteiger partial charge in [-0.2, -0.15) is 0 Å². The molecular formula is C13H18N2O. The first-order valence-electron chi connectivity index (χ1n) is 5.75. The van der Waals surface area contributed by atoms with Crippen LogP contribution in [-0.2, 0) is 6.42 Å². The molecule has 0 aliphatic heterocycles. The number of amidine groups is 1. The van der Waals surface area contributed by atoms with Gasteiger partial charge in [0.2, 0.25) is 0 Å². The molecule has 4 N–H and O–H groups in total. The first kappa shape index (κ1) is 11.1. The van der Waals surface area contributed by atoms with Crippen LogP contribution < -0.4 is 5.73 Å². The lowest BCUT2D eigenvalue weighted by molar-refractivity contribution is 0.209. The lowest BCUT2D eigenvalue weighted by Crippen LogP contribution is -2.13. The monoisotopic (exact) mass is 218 g/mol. The van der Waals surface area contributed by atoms with Crippen LogP contribution in [0.1, 0.15) is 24.0 Å². The third-order valence-corrected chi connectivity index (χ3v) is 3.29. The molecule has 16 heavy (non-hydrogen) atoms. The highest BCUT2D eigenvalue weighted by molar-refractivity contribution is 5.94. The number of nitrogens with two attached hydrogens (primary N) is 1. The van der Waals surface area contributed by atoms with Crippen molar-refractivity contribution in [3.63, 3.8) is 0 Å². The Balaban J connectivity index is 2.01. The molecule has 0 heterocycles. The number of rotatable bonds is 5. The second-order valence-corrected chi connectivity index (χ2v) is 4.59. The molecule has 0 radical (unpaired) electrons. The number of aliphatic hydroxyl groups excluding tert-OH is 1. The zero-order chi connectivity index (χ0) is 11.5. The zero-order valence-electron chi connectivity index (χ0n) is 9.32. The molecule has 1 fully saturated rings. The standard InChI is InChI=1S/C13H18N2O/c14-13(15)11-3-1-9(2-4-11)7-12(8-16)10-5-6-10/h1-4,10,12,16H,5-8H2,(H3,14,15). The van der Waals surface area contributed by atoms with E-state index in [9.17, 15) is 5.11 Å². The highest BCUT2D eigenvalue weighted by atomic mass is 16.3. The van der Waals surface area contributed by atoms with Gasteiger partial charge >= 0.3 is 0 Å². The minimum absolute atomic E-state index is 0.104. The predicted molar refractivity (Wildman–Crippen MR) is 64.5 cm³/mol. The molecule has 3 nitrogen and oxygen atoms in total. The second kappa shape index (κ2) is 4.66. The van der Waals surface area contributed by atoms with E-state index in [4.69, 9.17) is 11.1 Å². The molecule has 0 bridgehead atoms. The van der Waals surface area contributed by atoms with Crippen molar-refractivity contribution in [3.8, 4) is 0 Å². The van der Waals surface area contributed by atoms with E-state index in [1.54, 1.807) is 0 Å². The van der Waals surface area contributed by atoms with Gasteiger partial charge in [0.25, 0.3) is 0 Å². The third kappa shape index (κ3) is 2.61. The molecule has 1 atom stereocenters. The Hall–Kier alpha value is -1.35. The molecule has 0 saturated heterocycles. The van der Waals surface area contributed by atoms with Crippen LogP contribution in [-0.4, -0.2) is 17.5 Å². The smallest absolute Gasteiger partial charge is 0.122 e. The molecule has 0 aromatic heterocycles. The van der Waals surface area contributed by atoms with Crippen LogP contribution in [0.3, 0.4) is 0 Å². The number of nitrogens with one attached hydrogen (secondary N) is 1. The molecule has 1 aliphatic carbocycles. The Morgan fingerprint density at radius 2 is 2.00 bits per heavy atom. The van der Waals surface area contributed by atoms with Crippen LogP contribution in [0.5, 0.6) is 0 Å². The highest BCUT2D eigenvalue weighted by Gasteiger charge is 2.30. The molecule has 1 aliphatic rings. The fraction of sp³-hybridized carbons (Fsp3) is 0.462. The van der Waals surface area contributed by atoms with Crippen LogP contribution >= 0.6 is 0 Å². The number of hydrogen-bond donors (Lipinski definition) is 3. The Morgan fingerprint density at radius 3 is 2.44 bits per heavy atom. The van der Waals surface area contributed by atoms with Crippen LogP contribution in [0.2, 0.25) is 0 Å². The average molecular weight is 218 g/mol. The zero-order valence-corrected chi connectivity index (χ0v) is 9.32. The first-order chi connectivity index (χ1) is 7.70. The number of benzene rings is 1. The molecular weight excluding hydrogens is 200 g/mol. The summed E-state index contributed by atoms with van der Waals surface area (Å²) in [6.07, 6.45) is 3.45. The molecule has 1 aromatic rings. The van der Waals surface area contributed by atoms with Gasteiger partial charge in [-0.25, -0.2) is 0 Å². The quantitative estimate of drug-likeness (QED) is 0.518. The summed E-state index contributed by atoms with van der Waals surface area (Å²) >= 11 is 0. The van der Waals surface area contributed by atoms with E-state index < -0.39 is 0 Å². The highest BCUT2D eigenvalue weighted by Crippen LogP contribution is 2.38. The van der Waals surface area contributed by atoms with Crippen LogP contribution in [0, 0.1) is 17.2 Å². The molecule has 86 valence electrons. The molecule has 3 heteroatoms. The summed E-state index contributed by atoms with van der Waals surface area (Å²) in [5.74, 6) is 1.23. The fourth-order valence-corrected chi connectivity index (χ4v) is 2.07. The SMILES string of the molecule is N=C(N)c1ccc(CC(CO)C2CC2)cc1. The molecule has 1 aromatic carbocycles. The lowest BCUT2D eigenvalue weighted by Gasteiger charge is -2.13. The summed E-state index contributed by atoms with van der Waals surface area (Å²) in [6, 6.07) is 7.75. The minimum Gasteiger partial charge on any atom is -0.396 e. The fourth-order valence-electron chi connectivity index (χ4n) is 2.07. The predicted octanol–water partition coefficient (Wildman–Crippen LogP) is 1.53. The normalized spacial score (nSPS) is 17.1. The van der Waals surface area contributed by atoms with Crippen LogP contribution in [0.25, 0.3) is 0 Å². The number of nitrogen functional groups attached to an aromatic ring is 1. The molecule has 0 amide bonds. The maximum absolute atomic E-state index is 9.29. The molecule has 2 rings (SSSR count). The van der Waals surface area contributed by atoms with Gasteiger partial charge < -0.3 is 10.8 Å². The maximum atomic E-state index is 9.29. The van der Waals surface area contributed by atoms with E-state index in [-0.39, 0.29) is 12.4 Å². The van der Waals surface area contributed by atoms with E-state index in [2.05, 4.69) is 0 Å². The second-order valence-electron chi connectivity index (χ2n) is 4.59. The van der Waals surface area contributed by atoms with Crippen molar-refractivity contribution in [2.45, 2.75) is 19.3 Å². The van der Waals surface area contributed by atoms with Gasteiger partial charge in [-0.15, -0.1) is 0 Å². The average Bonchev–Trinajstić information content (AvgIpc) is 3.10. The van der Waals surface area contributed by atoms with Crippen molar-refractivity contribution < 1.29 is 5.11 Å². The summed E-state index contributed by atoms with van der Waals surface area (Å²) in [7, 11) is 0. The van der Waals surface area contributed by atoms with Crippen molar-refractivity contribution in [1.82, 2.24) is 0 Å². The summed E-state index contributed by atoms with van der Waals surface area (Å²) in [4.78, 5) is 0. The van der Waals surface area contributed by atoms with Crippen molar-refractivity contribution >= 4 is 5.84 Å².